The lowest BCUT2D eigenvalue weighted by atomic mass is 9.89. The van der Waals surface area contributed by atoms with E-state index in [0.717, 1.165) is 18.9 Å². The van der Waals surface area contributed by atoms with Crippen molar-refractivity contribution in [2.24, 2.45) is 11.8 Å². The van der Waals surface area contributed by atoms with Crippen LogP contribution < -0.4 is 4.74 Å². The van der Waals surface area contributed by atoms with Gasteiger partial charge in [-0.1, -0.05) is 36.4 Å². The molecule has 0 bridgehead atoms. The third-order valence-corrected chi connectivity index (χ3v) is 6.56. The molecular weight excluding hydrogens is 524 g/mol. The Labute approximate surface area is 190 Å². The van der Waals surface area contributed by atoms with Gasteiger partial charge >= 0.3 is 5.97 Å². The van der Waals surface area contributed by atoms with E-state index in [4.69, 9.17) is 14.0 Å². The molecule has 164 valence electrons. The molecule has 0 N–H and O–H groups in total. The number of carbonyl (C=O) groups excluding carboxylic acids is 1. The summed E-state index contributed by atoms with van der Waals surface area (Å²) >= 11 is 2.13. The van der Waals surface area contributed by atoms with Crippen molar-refractivity contribution in [2.45, 2.75) is 50.2 Å². The Balaban J connectivity index is 1.72. The van der Waals surface area contributed by atoms with E-state index in [0.29, 0.717) is 25.0 Å². The molecule has 1 unspecified atom stereocenters. The van der Waals surface area contributed by atoms with E-state index in [1.807, 2.05) is 0 Å². The van der Waals surface area contributed by atoms with E-state index < -0.39 is 12.5 Å². The Morgan fingerprint density at radius 2 is 2.07 bits per heavy atom. The fourth-order valence-corrected chi connectivity index (χ4v) is 5.29. The zero-order valence-corrected chi connectivity index (χ0v) is 19.7. The Morgan fingerprint density at radius 3 is 2.83 bits per heavy atom. The fraction of sp³-hybridized carbons (Fsp3) is 0.500. The predicted molar refractivity (Wildman–Crippen MR) is 122 cm³/mol. The average molecular weight is 550 g/mol. The second-order valence-corrected chi connectivity index (χ2v) is 9.27. The van der Waals surface area contributed by atoms with Crippen LogP contribution in [0, 0.1) is 11.8 Å². The van der Waals surface area contributed by atoms with Gasteiger partial charge in [-0.15, -0.1) is 0 Å². The van der Waals surface area contributed by atoms with Crippen molar-refractivity contribution in [2.75, 3.05) is 6.61 Å². The monoisotopic (exact) mass is 550 g/mol. The van der Waals surface area contributed by atoms with Gasteiger partial charge in [-0.3, -0.25) is 4.79 Å². The quantitative estimate of drug-likeness (QED) is 0.174. The van der Waals surface area contributed by atoms with E-state index in [1.54, 1.807) is 30.3 Å². The number of ether oxygens (including phenoxy) is 2. The number of benzene rings is 1. The highest BCUT2D eigenvalue weighted by Gasteiger charge is 2.44. The zero-order chi connectivity index (χ0) is 21.4. The first-order chi connectivity index (χ1) is 14.5. The Morgan fingerprint density at radius 1 is 1.27 bits per heavy atom. The largest absolute Gasteiger partial charge is 0.487 e. The summed E-state index contributed by atoms with van der Waals surface area (Å²) in [5.41, 5.74) is 0. The van der Waals surface area contributed by atoms with Crippen LogP contribution in [-0.4, -0.2) is 30.7 Å². The molecule has 1 fully saturated rings. The SMILES string of the molecule is O=C1CCC/C=C\C[C@@H]2[C@@H](/C=C/C(F)(F)COc3ccccc3)[C@H](OPI)C[C@@H]2O1. The summed E-state index contributed by atoms with van der Waals surface area (Å²) in [4.78, 5) is 12.1. The first kappa shape index (κ1) is 23.6. The minimum atomic E-state index is -3.12. The number of fused-ring (bicyclic) bond motifs is 1. The first-order valence-electron chi connectivity index (χ1n) is 10.1. The van der Waals surface area contributed by atoms with Gasteiger partial charge in [0.15, 0.2) is 6.61 Å². The maximum atomic E-state index is 14.5. The van der Waals surface area contributed by atoms with E-state index in [9.17, 15) is 13.6 Å². The van der Waals surface area contributed by atoms with Crippen molar-refractivity contribution in [3.05, 3.63) is 54.6 Å². The van der Waals surface area contributed by atoms with Crippen LogP contribution >= 0.6 is 28.5 Å². The van der Waals surface area contributed by atoms with Crippen LogP contribution in [0.15, 0.2) is 54.6 Å². The highest BCUT2D eigenvalue weighted by atomic mass is 127. The van der Waals surface area contributed by atoms with Crippen molar-refractivity contribution < 1.29 is 27.6 Å². The molecule has 0 saturated heterocycles. The molecule has 1 aromatic rings. The predicted octanol–water partition coefficient (Wildman–Crippen LogP) is 6.26. The molecule has 0 radical (unpaired) electrons. The molecule has 30 heavy (non-hydrogen) atoms. The van der Waals surface area contributed by atoms with E-state index in [1.165, 1.54) is 6.08 Å². The summed E-state index contributed by atoms with van der Waals surface area (Å²) in [6.45, 7) is -0.527. The number of esters is 1. The van der Waals surface area contributed by atoms with Gasteiger partial charge in [0.2, 0.25) is 0 Å². The summed E-state index contributed by atoms with van der Waals surface area (Å²) in [5.74, 6) is -3.27. The summed E-state index contributed by atoms with van der Waals surface area (Å²) in [5, 5.41) is 0. The molecule has 1 heterocycles. The minimum Gasteiger partial charge on any atom is -0.487 e. The summed E-state index contributed by atoms with van der Waals surface area (Å²) in [6.07, 6.45) is 9.17. The number of rotatable bonds is 7. The van der Waals surface area contributed by atoms with Crippen LogP contribution in [0.4, 0.5) is 8.78 Å². The van der Waals surface area contributed by atoms with Gasteiger partial charge in [0.25, 0.3) is 5.92 Å². The third kappa shape index (κ3) is 6.99. The van der Waals surface area contributed by atoms with Crippen LogP contribution in [-0.2, 0) is 14.1 Å². The number of hydrogen-bond donors (Lipinski definition) is 0. The molecule has 0 aromatic heterocycles. The summed E-state index contributed by atoms with van der Waals surface area (Å²) in [6, 6.07) is 8.57. The van der Waals surface area contributed by atoms with Crippen molar-refractivity contribution in [3.63, 3.8) is 0 Å². The number of para-hydroxylation sites is 1. The highest BCUT2D eigenvalue weighted by Crippen LogP contribution is 2.44. The minimum absolute atomic E-state index is 0.0804. The van der Waals surface area contributed by atoms with Crippen molar-refractivity contribution in [3.8, 4) is 5.75 Å². The first-order valence-corrected chi connectivity index (χ1v) is 14.1. The Hall–Kier alpha value is -1.05. The number of allylic oxidation sites excluding steroid dienone is 2. The van der Waals surface area contributed by atoms with Crippen molar-refractivity contribution in [1.82, 2.24) is 0 Å². The standard InChI is InChI=1S/C22H26F2IO4P/c23-22(24,15-27-16-8-4-3-5-9-16)13-12-18-17-10-6-1-2-7-11-21(26)28-19(17)14-20(18)29-30-25/h1,3-6,8-9,12-13,17-20,30H,2,7,10-11,14-15H2/b6-1-,13-12+/t17-,18-,19+,20-/m1/s1. The molecule has 1 aliphatic heterocycles. The van der Waals surface area contributed by atoms with E-state index in [2.05, 4.69) is 34.2 Å². The van der Waals surface area contributed by atoms with Gasteiger partial charge in [-0.2, -0.15) is 8.78 Å². The molecule has 0 amide bonds. The normalized spacial score (nSPS) is 29.1. The van der Waals surface area contributed by atoms with Gasteiger partial charge in [0.05, 0.1) is 12.6 Å². The second kappa shape index (κ2) is 11.5. The molecular formula is C22H26F2IO4P. The Kier molecular flexibility index (Phi) is 9.08. The topological polar surface area (TPSA) is 44.8 Å². The van der Waals surface area contributed by atoms with Gasteiger partial charge in [0.1, 0.15) is 11.9 Å². The molecule has 0 spiro atoms. The van der Waals surface area contributed by atoms with Gasteiger partial charge in [-0.25, -0.2) is 0 Å². The van der Waals surface area contributed by atoms with Crippen LogP contribution in [0.2, 0.25) is 0 Å². The van der Waals surface area contributed by atoms with Crippen LogP contribution in [0.5, 0.6) is 5.75 Å². The van der Waals surface area contributed by atoms with Crippen LogP contribution in [0.1, 0.15) is 32.1 Å². The molecule has 5 atom stereocenters. The number of hydrogen-bond acceptors (Lipinski definition) is 4. The molecule has 1 saturated carbocycles. The lowest BCUT2D eigenvalue weighted by molar-refractivity contribution is -0.151. The number of carbonyl (C=O) groups is 1. The molecule has 2 aliphatic rings. The number of halogens is 3. The molecule has 3 rings (SSSR count). The summed E-state index contributed by atoms with van der Waals surface area (Å²) in [7, 11) is 0. The molecule has 1 aliphatic carbocycles. The van der Waals surface area contributed by atoms with E-state index in [-0.39, 0.29) is 36.5 Å². The van der Waals surface area contributed by atoms with Gasteiger partial charge in [0, 0.05) is 24.7 Å². The lowest BCUT2D eigenvalue weighted by Crippen LogP contribution is -2.27. The van der Waals surface area contributed by atoms with Gasteiger partial charge < -0.3 is 14.0 Å². The lowest BCUT2D eigenvalue weighted by Gasteiger charge is -2.24. The summed E-state index contributed by atoms with van der Waals surface area (Å²) < 4.78 is 45.7. The third-order valence-electron chi connectivity index (χ3n) is 5.41. The molecule has 4 nitrogen and oxygen atoms in total. The molecule has 8 heteroatoms. The number of alkyl halides is 2. The maximum Gasteiger partial charge on any atom is 0.306 e. The fourth-order valence-electron chi connectivity index (χ4n) is 3.94. The van der Waals surface area contributed by atoms with Crippen LogP contribution in [0.3, 0.4) is 0 Å². The van der Waals surface area contributed by atoms with Crippen LogP contribution in [0.25, 0.3) is 0 Å². The van der Waals surface area contributed by atoms with Gasteiger partial charge in [-0.05, 0) is 59.5 Å². The van der Waals surface area contributed by atoms with E-state index >= 15 is 0 Å². The zero-order valence-electron chi connectivity index (χ0n) is 16.5. The van der Waals surface area contributed by atoms with Crippen molar-refractivity contribution in [1.29, 1.82) is 0 Å². The maximum absolute atomic E-state index is 14.5. The highest BCUT2D eigenvalue weighted by molar-refractivity contribution is 14.2. The smallest absolute Gasteiger partial charge is 0.306 e. The molecule has 1 aromatic carbocycles. The Bertz CT molecular complexity index is 744. The van der Waals surface area contributed by atoms with Crippen molar-refractivity contribution >= 4 is 34.5 Å². The average Bonchev–Trinajstić information content (AvgIpc) is 3.05. The second-order valence-electron chi connectivity index (χ2n) is 7.56.